The van der Waals surface area contributed by atoms with E-state index >= 15 is 0 Å². The van der Waals surface area contributed by atoms with Crippen LogP contribution in [0.25, 0.3) is 0 Å². The largest absolute Gasteiger partial charge is 0.327 e. The van der Waals surface area contributed by atoms with Gasteiger partial charge in [-0.3, -0.25) is 14.4 Å². The van der Waals surface area contributed by atoms with Gasteiger partial charge in [0.15, 0.2) is 0 Å². The summed E-state index contributed by atoms with van der Waals surface area (Å²) >= 11 is 0. The number of fused-ring (bicyclic) bond motifs is 2. The van der Waals surface area contributed by atoms with Crippen LogP contribution < -0.4 is 4.90 Å². The van der Waals surface area contributed by atoms with Crippen molar-refractivity contribution in [3.8, 4) is 0 Å². The normalized spacial score (nSPS) is 19.4. The summed E-state index contributed by atoms with van der Waals surface area (Å²) < 4.78 is 0. The highest BCUT2D eigenvalue weighted by Crippen LogP contribution is 2.32. The maximum Gasteiger partial charge on any atom is 0.256 e. The van der Waals surface area contributed by atoms with Gasteiger partial charge in [-0.2, -0.15) is 0 Å². The summed E-state index contributed by atoms with van der Waals surface area (Å²) in [5, 5.41) is 0. The highest BCUT2D eigenvalue weighted by atomic mass is 16.2. The Morgan fingerprint density at radius 2 is 1.72 bits per heavy atom. The standard InChI is InChI=1S/C20H18N2O3/c23-18(13-14-7-2-1-3-8-14)22-16-10-5-4-9-15(16)19(24)21-12-6-11-17(21)20(22)25/h1-5,7-10,17H,6,11-13H2/t17-/m0/s1. The third-order valence-electron chi connectivity index (χ3n) is 4.84. The SMILES string of the molecule is O=C(Cc1ccccc1)N1C(=O)[C@@H]2CCCN2C(=O)c2ccccc21. The molecule has 0 unspecified atom stereocenters. The summed E-state index contributed by atoms with van der Waals surface area (Å²) in [5.41, 5.74) is 1.66. The minimum atomic E-state index is -0.542. The van der Waals surface area contributed by atoms with Crippen LogP contribution in [-0.4, -0.2) is 35.2 Å². The first-order chi connectivity index (χ1) is 12.2. The van der Waals surface area contributed by atoms with Crippen LogP contribution in [0.4, 0.5) is 5.69 Å². The van der Waals surface area contributed by atoms with Crippen molar-refractivity contribution in [2.75, 3.05) is 11.4 Å². The molecule has 2 aromatic rings. The molecule has 1 fully saturated rings. The maximum absolute atomic E-state index is 13.1. The third-order valence-corrected chi connectivity index (χ3v) is 4.84. The van der Waals surface area contributed by atoms with Crippen molar-refractivity contribution in [3.63, 3.8) is 0 Å². The second kappa shape index (κ2) is 6.16. The van der Waals surface area contributed by atoms with Gasteiger partial charge in [0.05, 0.1) is 17.7 Å². The van der Waals surface area contributed by atoms with Crippen LogP contribution in [0.3, 0.4) is 0 Å². The zero-order chi connectivity index (χ0) is 17.4. The van der Waals surface area contributed by atoms with Crippen LogP contribution in [-0.2, 0) is 16.0 Å². The van der Waals surface area contributed by atoms with Gasteiger partial charge in [0.1, 0.15) is 6.04 Å². The second-order valence-electron chi connectivity index (χ2n) is 6.40. The fourth-order valence-electron chi connectivity index (χ4n) is 3.65. The molecule has 0 aromatic heterocycles. The number of anilines is 1. The highest BCUT2D eigenvalue weighted by molar-refractivity contribution is 6.22. The Morgan fingerprint density at radius 3 is 2.52 bits per heavy atom. The Morgan fingerprint density at radius 1 is 1.00 bits per heavy atom. The molecule has 1 atom stereocenters. The minimum Gasteiger partial charge on any atom is -0.327 e. The van der Waals surface area contributed by atoms with Crippen molar-refractivity contribution in [2.24, 2.45) is 0 Å². The number of amides is 3. The molecule has 25 heavy (non-hydrogen) atoms. The van der Waals surface area contributed by atoms with Gasteiger partial charge in [-0.05, 0) is 30.5 Å². The van der Waals surface area contributed by atoms with E-state index in [0.717, 1.165) is 12.0 Å². The molecule has 2 aromatic carbocycles. The molecule has 1 saturated heterocycles. The summed E-state index contributed by atoms with van der Waals surface area (Å²) in [6.07, 6.45) is 1.51. The average Bonchev–Trinajstić information content (AvgIpc) is 3.09. The van der Waals surface area contributed by atoms with Crippen molar-refractivity contribution < 1.29 is 14.4 Å². The van der Waals surface area contributed by atoms with Gasteiger partial charge in [-0.1, -0.05) is 42.5 Å². The molecular weight excluding hydrogens is 316 g/mol. The zero-order valence-corrected chi connectivity index (χ0v) is 13.7. The lowest BCUT2D eigenvalue weighted by molar-refractivity contribution is -0.128. The molecule has 4 rings (SSSR count). The molecule has 5 nitrogen and oxygen atoms in total. The Labute approximate surface area is 145 Å². The topological polar surface area (TPSA) is 57.7 Å². The molecule has 3 amide bonds. The summed E-state index contributed by atoms with van der Waals surface area (Å²) in [7, 11) is 0. The number of para-hydroxylation sites is 1. The fraction of sp³-hybridized carbons (Fsp3) is 0.250. The molecule has 0 bridgehead atoms. The monoisotopic (exact) mass is 334 g/mol. The predicted octanol–water partition coefficient (Wildman–Crippen LogP) is 2.41. The van der Waals surface area contributed by atoms with Gasteiger partial charge in [0.2, 0.25) is 5.91 Å². The molecule has 0 radical (unpaired) electrons. The summed E-state index contributed by atoms with van der Waals surface area (Å²) in [6, 6.07) is 15.7. The van der Waals surface area contributed by atoms with E-state index in [4.69, 9.17) is 0 Å². The van der Waals surface area contributed by atoms with Crippen LogP contribution in [0, 0.1) is 0 Å². The molecule has 0 N–H and O–H groups in total. The molecular formula is C20H18N2O3. The van der Waals surface area contributed by atoms with Gasteiger partial charge < -0.3 is 4.90 Å². The maximum atomic E-state index is 13.1. The average molecular weight is 334 g/mol. The quantitative estimate of drug-likeness (QED) is 0.847. The Hall–Kier alpha value is -2.95. The van der Waals surface area contributed by atoms with Gasteiger partial charge in [0, 0.05) is 6.54 Å². The second-order valence-corrected chi connectivity index (χ2v) is 6.40. The van der Waals surface area contributed by atoms with Crippen LogP contribution >= 0.6 is 0 Å². The van der Waals surface area contributed by atoms with E-state index in [-0.39, 0.29) is 24.1 Å². The van der Waals surface area contributed by atoms with Gasteiger partial charge in [-0.25, -0.2) is 4.90 Å². The lowest BCUT2D eigenvalue weighted by Gasteiger charge is -2.24. The molecule has 126 valence electrons. The van der Waals surface area contributed by atoms with Crippen molar-refractivity contribution >= 4 is 23.4 Å². The third kappa shape index (κ3) is 2.61. The fourth-order valence-corrected chi connectivity index (χ4v) is 3.65. The molecule has 0 aliphatic carbocycles. The van der Waals surface area contributed by atoms with Crippen molar-refractivity contribution in [1.29, 1.82) is 0 Å². The van der Waals surface area contributed by atoms with E-state index in [1.54, 1.807) is 29.2 Å². The Balaban J connectivity index is 1.76. The van der Waals surface area contributed by atoms with Crippen LogP contribution in [0.5, 0.6) is 0 Å². The van der Waals surface area contributed by atoms with E-state index in [1.807, 2.05) is 30.3 Å². The lowest BCUT2D eigenvalue weighted by atomic mass is 10.1. The Kier molecular flexibility index (Phi) is 3.84. The zero-order valence-electron chi connectivity index (χ0n) is 13.7. The number of hydrogen-bond acceptors (Lipinski definition) is 3. The molecule has 0 saturated carbocycles. The molecule has 2 heterocycles. The number of carbonyl (C=O) groups excluding carboxylic acids is 3. The minimum absolute atomic E-state index is 0.127. The summed E-state index contributed by atoms with van der Waals surface area (Å²) in [5.74, 6) is -0.761. The van der Waals surface area contributed by atoms with Gasteiger partial charge in [0.25, 0.3) is 11.8 Å². The van der Waals surface area contributed by atoms with E-state index in [2.05, 4.69) is 0 Å². The van der Waals surface area contributed by atoms with Crippen LogP contribution in [0.1, 0.15) is 28.8 Å². The number of hydrogen-bond donors (Lipinski definition) is 0. The summed E-state index contributed by atoms with van der Waals surface area (Å²) in [6.45, 7) is 0.560. The lowest BCUT2D eigenvalue weighted by Crippen LogP contribution is -2.47. The highest BCUT2D eigenvalue weighted by Gasteiger charge is 2.43. The molecule has 2 aliphatic rings. The number of carbonyl (C=O) groups is 3. The first-order valence-electron chi connectivity index (χ1n) is 8.47. The van der Waals surface area contributed by atoms with Crippen molar-refractivity contribution in [1.82, 2.24) is 4.90 Å². The van der Waals surface area contributed by atoms with E-state index in [1.165, 1.54) is 4.90 Å². The number of rotatable bonds is 2. The number of imide groups is 1. The molecule has 0 spiro atoms. The molecule has 5 heteroatoms. The van der Waals surface area contributed by atoms with Crippen molar-refractivity contribution in [3.05, 3.63) is 65.7 Å². The van der Waals surface area contributed by atoms with E-state index < -0.39 is 6.04 Å². The first-order valence-corrected chi connectivity index (χ1v) is 8.47. The predicted molar refractivity (Wildman–Crippen MR) is 93.1 cm³/mol. The molecule has 2 aliphatic heterocycles. The van der Waals surface area contributed by atoms with Crippen LogP contribution in [0.2, 0.25) is 0 Å². The Bertz CT molecular complexity index is 847. The van der Waals surface area contributed by atoms with Crippen molar-refractivity contribution in [2.45, 2.75) is 25.3 Å². The van der Waals surface area contributed by atoms with Gasteiger partial charge >= 0.3 is 0 Å². The first kappa shape index (κ1) is 15.6. The number of nitrogens with zero attached hydrogens (tertiary/aromatic N) is 2. The van der Waals surface area contributed by atoms with Gasteiger partial charge in [-0.15, -0.1) is 0 Å². The smallest absolute Gasteiger partial charge is 0.256 e. The van der Waals surface area contributed by atoms with Crippen LogP contribution in [0.15, 0.2) is 54.6 Å². The number of benzene rings is 2. The van der Waals surface area contributed by atoms with E-state index in [0.29, 0.717) is 24.2 Å². The summed E-state index contributed by atoms with van der Waals surface area (Å²) in [4.78, 5) is 41.7. The van der Waals surface area contributed by atoms with E-state index in [9.17, 15) is 14.4 Å².